The highest BCUT2D eigenvalue weighted by atomic mass is 35.5. The summed E-state index contributed by atoms with van der Waals surface area (Å²) in [5.74, 6) is 0.401. The van der Waals surface area contributed by atoms with Crippen LogP contribution >= 0.6 is 11.6 Å². The number of allylic oxidation sites excluding steroid dienone is 2. The standard InChI is InChI=1S/C9H13ClO/c1-4-5-6-7(8(10)11)9(6,2)3/h4-7H,1-3H3/b5-4-. The highest BCUT2D eigenvalue weighted by molar-refractivity contribution is 6.64. The van der Waals surface area contributed by atoms with E-state index < -0.39 is 0 Å². The third kappa shape index (κ3) is 1.34. The summed E-state index contributed by atoms with van der Waals surface area (Å²) in [5.41, 5.74) is 0.0886. The first kappa shape index (κ1) is 8.79. The Hall–Kier alpha value is -0.300. The van der Waals surface area contributed by atoms with Crippen molar-refractivity contribution in [3.63, 3.8) is 0 Å². The van der Waals surface area contributed by atoms with Crippen molar-refractivity contribution in [2.24, 2.45) is 17.3 Å². The van der Waals surface area contributed by atoms with E-state index in [4.69, 9.17) is 11.6 Å². The second-order valence-electron chi connectivity index (χ2n) is 3.65. The molecule has 0 radical (unpaired) electrons. The van der Waals surface area contributed by atoms with Crippen LogP contribution in [0, 0.1) is 17.3 Å². The summed E-state index contributed by atoms with van der Waals surface area (Å²) < 4.78 is 0. The Morgan fingerprint density at radius 3 is 2.36 bits per heavy atom. The van der Waals surface area contributed by atoms with Gasteiger partial charge in [0.25, 0.3) is 0 Å². The number of rotatable bonds is 2. The van der Waals surface area contributed by atoms with E-state index in [1.165, 1.54) is 0 Å². The Morgan fingerprint density at radius 1 is 1.55 bits per heavy atom. The molecule has 1 nitrogen and oxygen atoms in total. The molecule has 0 aromatic carbocycles. The van der Waals surface area contributed by atoms with Gasteiger partial charge in [0.15, 0.2) is 0 Å². The first-order valence-corrected chi connectivity index (χ1v) is 4.21. The number of hydrogen-bond donors (Lipinski definition) is 0. The lowest BCUT2D eigenvalue weighted by atomic mass is 10.1. The minimum atomic E-state index is -0.196. The maximum atomic E-state index is 10.8. The molecule has 62 valence electrons. The van der Waals surface area contributed by atoms with Crippen LogP contribution in [0.5, 0.6) is 0 Å². The summed E-state index contributed by atoms with van der Waals surface area (Å²) in [4.78, 5) is 10.8. The van der Waals surface area contributed by atoms with Crippen LogP contribution in [0.15, 0.2) is 12.2 Å². The third-order valence-corrected chi connectivity index (χ3v) is 2.79. The number of hydrogen-bond acceptors (Lipinski definition) is 1. The van der Waals surface area contributed by atoms with Crippen molar-refractivity contribution in [2.75, 3.05) is 0 Å². The third-order valence-electron chi connectivity index (χ3n) is 2.55. The van der Waals surface area contributed by atoms with Crippen molar-refractivity contribution < 1.29 is 4.79 Å². The number of carbonyl (C=O) groups is 1. The summed E-state index contributed by atoms with van der Waals surface area (Å²) in [7, 11) is 0. The molecule has 0 heterocycles. The monoisotopic (exact) mass is 172 g/mol. The molecule has 2 unspecified atom stereocenters. The van der Waals surface area contributed by atoms with E-state index in [2.05, 4.69) is 19.9 Å². The van der Waals surface area contributed by atoms with Gasteiger partial charge in [-0.2, -0.15) is 0 Å². The summed E-state index contributed by atoms with van der Waals surface area (Å²) in [6, 6.07) is 0. The van der Waals surface area contributed by atoms with Crippen LogP contribution in [0.25, 0.3) is 0 Å². The highest BCUT2D eigenvalue weighted by Gasteiger charge is 2.59. The predicted molar refractivity (Wildman–Crippen MR) is 46.4 cm³/mol. The van der Waals surface area contributed by atoms with Crippen LogP contribution in [0.2, 0.25) is 0 Å². The molecule has 1 aliphatic carbocycles. The zero-order valence-electron chi connectivity index (χ0n) is 7.10. The van der Waals surface area contributed by atoms with E-state index in [1.807, 2.05) is 13.0 Å². The van der Waals surface area contributed by atoms with Gasteiger partial charge in [-0.3, -0.25) is 4.79 Å². The second-order valence-corrected chi connectivity index (χ2v) is 4.03. The lowest BCUT2D eigenvalue weighted by molar-refractivity contribution is -0.113. The van der Waals surface area contributed by atoms with Crippen molar-refractivity contribution >= 4 is 16.8 Å². The molecule has 0 bridgehead atoms. The molecule has 1 fully saturated rings. The lowest BCUT2D eigenvalue weighted by Gasteiger charge is -1.95. The van der Waals surface area contributed by atoms with Gasteiger partial charge in [0.05, 0.1) is 0 Å². The quantitative estimate of drug-likeness (QED) is 0.462. The minimum absolute atomic E-state index is 0.0420. The van der Waals surface area contributed by atoms with Crippen molar-refractivity contribution in [1.82, 2.24) is 0 Å². The van der Waals surface area contributed by atoms with Crippen molar-refractivity contribution in [3.05, 3.63) is 12.2 Å². The van der Waals surface area contributed by atoms with E-state index >= 15 is 0 Å². The molecule has 0 aromatic rings. The van der Waals surface area contributed by atoms with Gasteiger partial charge in [0, 0.05) is 5.92 Å². The molecule has 2 heteroatoms. The molecule has 2 atom stereocenters. The van der Waals surface area contributed by atoms with Crippen LogP contribution in [-0.4, -0.2) is 5.24 Å². The van der Waals surface area contributed by atoms with E-state index in [-0.39, 0.29) is 16.6 Å². The topological polar surface area (TPSA) is 17.1 Å². The van der Waals surface area contributed by atoms with Crippen molar-refractivity contribution in [1.29, 1.82) is 0 Å². The summed E-state index contributed by atoms with van der Waals surface area (Å²) >= 11 is 5.42. The van der Waals surface area contributed by atoms with Gasteiger partial charge in [0.1, 0.15) is 0 Å². The predicted octanol–water partition coefficient (Wildman–Crippen LogP) is 2.60. The Bertz CT molecular complexity index is 206. The van der Waals surface area contributed by atoms with Gasteiger partial charge in [-0.15, -0.1) is 0 Å². The Balaban J connectivity index is 2.68. The second kappa shape index (κ2) is 2.63. The van der Waals surface area contributed by atoms with Crippen LogP contribution in [0.1, 0.15) is 20.8 Å². The normalized spacial score (nSPS) is 34.2. The summed E-state index contributed by atoms with van der Waals surface area (Å²) in [6.45, 7) is 6.11. The summed E-state index contributed by atoms with van der Waals surface area (Å²) in [6.07, 6.45) is 4.04. The van der Waals surface area contributed by atoms with Crippen LogP contribution in [0.3, 0.4) is 0 Å². The Morgan fingerprint density at radius 2 is 2.09 bits per heavy atom. The fourth-order valence-electron chi connectivity index (χ4n) is 1.68. The van der Waals surface area contributed by atoms with Crippen LogP contribution in [0.4, 0.5) is 0 Å². The average Bonchev–Trinajstić information content (AvgIpc) is 2.35. The number of carbonyl (C=O) groups excluding carboxylic acids is 1. The van der Waals surface area contributed by atoms with Gasteiger partial charge in [-0.05, 0) is 29.9 Å². The Kier molecular flexibility index (Phi) is 2.10. The molecule has 0 saturated heterocycles. The molecular weight excluding hydrogens is 160 g/mol. The maximum Gasteiger partial charge on any atom is 0.225 e. The molecule has 11 heavy (non-hydrogen) atoms. The first-order valence-electron chi connectivity index (χ1n) is 3.84. The summed E-state index contributed by atoms with van der Waals surface area (Å²) in [5, 5.41) is -0.196. The zero-order chi connectivity index (χ0) is 8.65. The van der Waals surface area contributed by atoms with Crippen LogP contribution < -0.4 is 0 Å². The number of halogens is 1. The molecule has 0 N–H and O–H groups in total. The molecular formula is C9H13ClO. The van der Waals surface area contributed by atoms with E-state index in [0.29, 0.717) is 5.92 Å². The van der Waals surface area contributed by atoms with E-state index in [1.54, 1.807) is 0 Å². The largest absolute Gasteiger partial charge is 0.281 e. The molecule has 1 aliphatic rings. The van der Waals surface area contributed by atoms with Crippen LogP contribution in [-0.2, 0) is 4.79 Å². The molecule has 0 aliphatic heterocycles. The molecule has 0 aromatic heterocycles. The van der Waals surface area contributed by atoms with Gasteiger partial charge < -0.3 is 0 Å². The minimum Gasteiger partial charge on any atom is -0.281 e. The molecule has 0 spiro atoms. The van der Waals surface area contributed by atoms with E-state index in [0.717, 1.165) is 0 Å². The first-order chi connectivity index (χ1) is 5.01. The smallest absolute Gasteiger partial charge is 0.225 e. The van der Waals surface area contributed by atoms with Gasteiger partial charge in [-0.25, -0.2) is 0 Å². The Labute approximate surface area is 72.4 Å². The van der Waals surface area contributed by atoms with Gasteiger partial charge >= 0.3 is 0 Å². The molecule has 1 rings (SSSR count). The van der Waals surface area contributed by atoms with Gasteiger partial charge in [0.2, 0.25) is 5.24 Å². The fourth-order valence-corrected chi connectivity index (χ4v) is 2.09. The fraction of sp³-hybridized carbons (Fsp3) is 0.667. The van der Waals surface area contributed by atoms with E-state index in [9.17, 15) is 4.79 Å². The lowest BCUT2D eigenvalue weighted by Crippen LogP contribution is -1.96. The SMILES string of the molecule is C/C=C\C1C(C(=O)Cl)C1(C)C. The van der Waals surface area contributed by atoms with Crippen molar-refractivity contribution in [3.8, 4) is 0 Å². The average molecular weight is 173 g/mol. The van der Waals surface area contributed by atoms with Crippen molar-refractivity contribution in [2.45, 2.75) is 20.8 Å². The molecule has 1 saturated carbocycles. The highest BCUT2D eigenvalue weighted by Crippen LogP contribution is 2.59. The zero-order valence-corrected chi connectivity index (χ0v) is 7.85. The van der Waals surface area contributed by atoms with Gasteiger partial charge in [-0.1, -0.05) is 26.0 Å². The molecule has 0 amide bonds. The maximum absolute atomic E-state index is 10.8.